The van der Waals surface area contributed by atoms with Crippen LogP contribution in [0.4, 0.5) is 0 Å². The Kier molecular flexibility index (Phi) is 3.64. The summed E-state index contributed by atoms with van der Waals surface area (Å²) >= 11 is 13.1. The lowest BCUT2D eigenvalue weighted by molar-refractivity contribution is 0.0659. The Morgan fingerprint density at radius 3 is 2.42 bits per heavy atom. The average molecular weight is 320 g/mol. The summed E-state index contributed by atoms with van der Waals surface area (Å²) < 4.78 is 6.25. The molecule has 0 radical (unpaired) electrons. The van der Waals surface area contributed by atoms with Gasteiger partial charge in [-0.25, -0.2) is 9.78 Å². The summed E-state index contributed by atoms with van der Waals surface area (Å²) in [6, 6.07) is 1.61. The van der Waals surface area contributed by atoms with Crippen molar-refractivity contribution in [1.82, 2.24) is 4.98 Å². The second-order valence-electron chi connectivity index (χ2n) is 4.99. The van der Waals surface area contributed by atoms with Crippen LogP contribution in [0.15, 0.2) is 10.5 Å². The highest BCUT2D eigenvalue weighted by atomic mass is 35.5. The van der Waals surface area contributed by atoms with Crippen LogP contribution in [-0.4, -0.2) is 16.1 Å². The van der Waals surface area contributed by atoms with E-state index in [1.165, 1.54) is 11.3 Å². The van der Waals surface area contributed by atoms with Gasteiger partial charge in [-0.2, -0.15) is 0 Å². The van der Waals surface area contributed by atoms with E-state index in [4.69, 9.17) is 27.6 Å². The second-order valence-corrected chi connectivity index (χ2v) is 7.28. The molecule has 2 rings (SSSR count). The molecule has 0 aliphatic carbocycles. The largest absolute Gasteiger partial charge is 0.475 e. The number of halogens is 2. The van der Waals surface area contributed by atoms with E-state index in [0.717, 1.165) is 0 Å². The van der Waals surface area contributed by atoms with Crippen LogP contribution in [0.25, 0.3) is 11.5 Å². The highest BCUT2D eigenvalue weighted by molar-refractivity contribution is 7.20. The average Bonchev–Trinajstić information content (AvgIpc) is 2.80. The van der Waals surface area contributed by atoms with Crippen LogP contribution in [0.2, 0.25) is 8.67 Å². The van der Waals surface area contributed by atoms with Gasteiger partial charge in [-0.15, -0.1) is 11.3 Å². The minimum atomic E-state index is -1.15. The Morgan fingerprint density at radius 2 is 2.05 bits per heavy atom. The first-order valence-electron chi connectivity index (χ1n) is 5.40. The molecule has 19 heavy (non-hydrogen) atoms. The molecule has 2 aromatic rings. The minimum absolute atomic E-state index is 0.166. The maximum atomic E-state index is 11.2. The van der Waals surface area contributed by atoms with Gasteiger partial charge in [0.1, 0.15) is 10.0 Å². The number of aromatic carboxylic acids is 1. The molecule has 7 heteroatoms. The summed E-state index contributed by atoms with van der Waals surface area (Å²) in [5, 5.41) is 9.17. The lowest BCUT2D eigenvalue weighted by Crippen LogP contribution is -2.16. The molecule has 0 aromatic carbocycles. The van der Waals surface area contributed by atoms with E-state index in [9.17, 15) is 9.90 Å². The Labute approximate surface area is 124 Å². The summed E-state index contributed by atoms with van der Waals surface area (Å²) in [5.41, 5.74) is 0.449. The van der Waals surface area contributed by atoms with E-state index >= 15 is 0 Å². The highest BCUT2D eigenvalue weighted by Crippen LogP contribution is 2.39. The van der Waals surface area contributed by atoms with Crippen molar-refractivity contribution in [2.75, 3.05) is 0 Å². The maximum absolute atomic E-state index is 11.2. The predicted molar refractivity (Wildman–Crippen MR) is 75.5 cm³/mol. The number of rotatable bonds is 2. The molecule has 0 spiro atoms. The van der Waals surface area contributed by atoms with Crippen molar-refractivity contribution in [3.63, 3.8) is 0 Å². The summed E-state index contributed by atoms with van der Waals surface area (Å²) in [4.78, 5) is 15.5. The number of carboxylic acids is 1. The molecule has 0 saturated heterocycles. The highest BCUT2D eigenvalue weighted by Gasteiger charge is 2.30. The molecule has 0 atom stereocenters. The monoisotopic (exact) mass is 319 g/mol. The molecule has 0 aliphatic heterocycles. The van der Waals surface area contributed by atoms with Crippen molar-refractivity contribution in [3.8, 4) is 11.5 Å². The van der Waals surface area contributed by atoms with Gasteiger partial charge in [0.05, 0.1) is 9.90 Å². The number of oxazole rings is 1. The molecular weight excluding hydrogens is 309 g/mol. The topological polar surface area (TPSA) is 63.3 Å². The Morgan fingerprint density at radius 1 is 1.42 bits per heavy atom. The number of hydrogen-bond acceptors (Lipinski definition) is 4. The first-order valence-corrected chi connectivity index (χ1v) is 6.97. The first-order chi connectivity index (χ1) is 8.70. The zero-order valence-electron chi connectivity index (χ0n) is 10.5. The van der Waals surface area contributed by atoms with Crippen molar-refractivity contribution < 1.29 is 14.3 Å². The van der Waals surface area contributed by atoms with Gasteiger partial charge in [0.15, 0.2) is 0 Å². The molecule has 0 bridgehead atoms. The van der Waals surface area contributed by atoms with Crippen LogP contribution < -0.4 is 0 Å². The molecule has 4 nitrogen and oxygen atoms in total. The SMILES string of the molecule is CC(C)(C)c1nc(-c2cc(Cl)sc2Cl)oc1C(=O)O. The lowest BCUT2D eigenvalue weighted by atomic mass is 9.91. The number of nitrogens with zero attached hydrogens (tertiary/aromatic N) is 1. The second kappa shape index (κ2) is 4.81. The quantitative estimate of drug-likeness (QED) is 0.870. The van der Waals surface area contributed by atoms with Gasteiger partial charge in [-0.3, -0.25) is 0 Å². The Balaban J connectivity index is 2.61. The minimum Gasteiger partial charge on any atom is -0.475 e. The van der Waals surface area contributed by atoms with Crippen molar-refractivity contribution in [1.29, 1.82) is 0 Å². The Bertz CT molecular complexity index is 640. The number of carbonyl (C=O) groups is 1. The van der Waals surface area contributed by atoms with E-state index in [0.29, 0.717) is 19.9 Å². The van der Waals surface area contributed by atoms with E-state index < -0.39 is 11.4 Å². The van der Waals surface area contributed by atoms with Gasteiger partial charge in [0.25, 0.3) is 0 Å². The Hall–Kier alpha value is -1.04. The van der Waals surface area contributed by atoms with Crippen LogP contribution in [0.3, 0.4) is 0 Å². The third-order valence-corrected chi connectivity index (χ3v) is 3.91. The molecule has 0 amide bonds. The van der Waals surface area contributed by atoms with Gasteiger partial charge >= 0.3 is 5.97 Å². The lowest BCUT2D eigenvalue weighted by Gasteiger charge is -2.14. The van der Waals surface area contributed by atoms with Gasteiger partial charge in [-0.05, 0) is 6.07 Å². The summed E-state index contributed by atoms with van der Waals surface area (Å²) in [6.07, 6.45) is 0. The van der Waals surface area contributed by atoms with E-state index in [1.807, 2.05) is 20.8 Å². The van der Waals surface area contributed by atoms with Crippen molar-refractivity contribution >= 4 is 40.5 Å². The van der Waals surface area contributed by atoms with Crippen molar-refractivity contribution in [2.24, 2.45) is 0 Å². The molecule has 0 saturated carbocycles. The third kappa shape index (κ3) is 2.78. The van der Waals surface area contributed by atoms with Crippen LogP contribution in [-0.2, 0) is 5.41 Å². The fraction of sp³-hybridized carbons (Fsp3) is 0.333. The van der Waals surface area contributed by atoms with Crippen molar-refractivity contribution in [2.45, 2.75) is 26.2 Å². The smallest absolute Gasteiger partial charge is 0.373 e. The zero-order chi connectivity index (χ0) is 14.4. The molecule has 0 fully saturated rings. The van der Waals surface area contributed by atoms with Crippen LogP contribution >= 0.6 is 34.5 Å². The first kappa shape index (κ1) is 14.4. The zero-order valence-corrected chi connectivity index (χ0v) is 12.8. The maximum Gasteiger partial charge on any atom is 0.373 e. The summed E-state index contributed by atoms with van der Waals surface area (Å²) in [7, 11) is 0. The van der Waals surface area contributed by atoms with Gasteiger partial charge in [0, 0.05) is 5.41 Å². The molecule has 102 valence electrons. The molecular formula is C12H11Cl2NO3S. The summed E-state index contributed by atoms with van der Waals surface area (Å²) in [6.45, 7) is 5.59. The number of hydrogen-bond donors (Lipinski definition) is 1. The molecule has 1 N–H and O–H groups in total. The fourth-order valence-corrected chi connectivity index (χ4v) is 3.02. The number of thiophene rings is 1. The standard InChI is InChI=1S/C12H11Cl2NO3S/c1-12(2,3)8-7(11(16)17)18-10(15-8)5-4-6(13)19-9(5)14/h4H,1-3H3,(H,16,17). The van der Waals surface area contributed by atoms with Gasteiger partial charge in [-0.1, -0.05) is 44.0 Å². The van der Waals surface area contributed by atoms with Crippen LogP contribution in [0.1, 0.15) is 37.0 Å². The fourth-order valence-electron chi connectivity index (χ4n) is 1.57. The van der Waals surface area contributed by atoms with Crippen LogP contribution in [0, 0.1) is 0 Å². The van der Waals surface area contributed by atoms with E-state index in [-0.39, 0.29) is 11.7 Å². The molecule has 0 aliphatic rings. The van der Waals surface area contributed by atoms with Gasteiger partial charge in [0.2, 0.25) is 11.7 Å². The molecule has 2 heterocycles. The number of aromatic nitrogens is 1. The molecule has 2 aromatic heterocycles. The third-order valence-electron chi connectivity index (χ3n) is 2.42. The summed E-state index contributed by atoms with van der Waals surface area (Å²) in [5.74, 6) is -1.14. The predicted octanol–water partition coefficient (Wildman–Crippen LogP) is 4.71. The van der Waals surface area contributed by atoms with E-state index in [2.05, 4.69) is 4.98 Å². The van der Waals surface area contributed by atoms with Crippen LogP contribution in [0.5, 0.6) is 0 Å². The normalized spacial score (nSPS) is 11.8. The van der Waals surface area contributed by atoms with E-state index in [1.54, 1.807) is 6.07 Å². The molecule has 0 unspecified atom stereocenters. The van der Waals surface area contributed by atoms with Crippen molar-refractivity contribution in [3.05, 3.63) is 26.2 Å². The van der Waals surface area contributed by atoms with Gasteiger partial charge < -0.3 is 9.52 Å². The number of carboxylic acid groups (broad SMARTS) is 1.